The van der Waals surface area contributed by atoms with Crippen molar-refractivity contribution < 1.29 is 27.8 Å². The van der Waals surface area contributed by atoms with Crippen molar-refractivity contribution in [1.29, 1.82) is 0 Å². The summed E-state index contributed by atoms with van der Waals surface area (Å²) in [5.41, 5.74) is 6.32. The molecule has 172 valence electrons. The Labute approximate surface area is 183 Å². The Morgan fingerprint density at radius 1 is 1.10 bits per heavy atom. The number of nitrogens with two attached hydrogens (primary N) is 1. The molecule has 0 spiro atoms. The maximum Gasteiger partial charge on any atom is 0.479 e. The largest absolute Gasteiger partial charge is 0.479 e. The summed E-state index contributed by atoms with van der Waals surface area (Å²) in [6, 6.07) is 7.91. The molecule has 1 aliphatic carbocycles. The molecule has 1 aromatic rings. The van der Waals surface area contributed by atoms with E-state index in [0.29, 0.717) is 45.0 Å². The molecule has 0 heterocycles. The van der Waals surface area contributed by atoms with Gasteiger partial charge in [0.25, 0.3) is 5.91 Å². The molecule has 1 saturated carbocycles. The van der Waals surface area contributed by atoms with Gasteiger partial charge in [-0.25, -0.2) is 18.6 Å². The minimum absolute atomic E-state index is 0.0168. The molecular weight excluding hydrogens is 423 g/mol. The molecular formula is C19H31BN4O6S. The second-order valence-electron chi connectivity index (χ2n) is 7.54. The third kappa shape index (κ3) is 7.29. The van der Waals surface area contributed by atoms with Crippen LogP contribution >= 0.6 is 0 Å². The lowest BCUT2D eigenvalue weighted by molar-refractivity contribution is -0.148. The van der Waals surface area contributed by atoms with Crippen molar-refractivity contribution in [2.24, 2.45) is 11.1 Å². The summed E-state index contributed by atoms with van der Waals surface area (Å²) in [4.78, 5) is 25.6. The molecule has 0 atom stereocenters. The molecule has 1 aliphatic rings. The van der Waals surface area contributed by atoms with E-state index in [2.05, 4.69) is 15.5 Å². The number of carbonyl (C=O) groups is 2. The molecule has 0 unspecified atom stereocenters. The SMILES string of the molecule is NCCCCB(O)ONC(=O)C1(C(=O)NCCNS(=O)(=O)c2ccccc2)CCCC1. The summed E-state index contributed by atoms with van der Waals surface area (Å²) < 4.78 is 31.8. The number of sulfonamides is 1. The summed E-state index contributed by atoms with van der Waals surface area (Å²) in [5, 5.41) is 12.4. The van der Waals surface area contributed by atoms with Crippen LogP contribution in [0.4, 0.5) is 0 Å². The molecule has 1 fully saturated rings. The predicted molar refractivity (Wildman–Crippen MR) is 116 cm³/mol. The third-order valence-corrected chi connectivity index (χ3v) is 6.75. The molecule has 6 N–H and O–H groups in total. The Bertz CT molecular complexity index is 818. The van der Waals surface area contributed by atoms with Crippen LogP contribution in [0.1, 0.15) is 38.5 Å². The van der Waals surface area contributed by atoms with Crippen LogP contribution in [0.2, 0.25) is 6.32 Å². The highest BCUT2D eigenvalue weighted by Gasteiger charge is 2.48. The lowest BCUT2D eigenvalue weighted by Gasteiger charge is -2.26. The number of unbranched alkanes of at least 4 members (excludes halogenated alkanes) is 1. The maximum atomic E-state index is 12.8. The van der Waals surface area contributed by atoms with Gasteiger partial charge in [0.1, 0.15) is 5.41 Å². The first-order chi connectivity index (χ1) is 14.8. The van der Waals surface area contributed by atoms with Crippen LogP contribution < -0.4 is 21.3 Å². The molecule has 2 amide bonds. The fourth-order valence-electron chi connectivity index (χ4n) is 3.49. The Morgan fingerprint density at radius 3 is 2.42 bits per heavy atom. The van der Waals surface area contributed by atoms with Crippen molar-refractivity contribution in [3.05, 3.63) is 30.3 Å². The van der Waals surface area contributed by atoms with Crippen LogP contribution in [0.15, 0.2) is 35.2 Å². The van der Waals surface area contributed by atoms with E-state index < -0.39 is 34.4 Å². The van der Waals surface area contributed by atoms with Crippen molar-refractivity contribution in [2.75, 3.05) is 19.6 Å². The Balaban J connectivity index is 1.83. The van der Waals surface area contributed by atoms with E-state index in [9.17, 15) is 23.0 Å². The van der Waals surface area contributed by atoms with Gasteiger partial charge >= 0.3 is 7.12 Å². The molecule has 12 heteroatoms. The fraction of sp³-hybridized carbons (Fsp3) is 0.579. The highest BCUT2D eigenvalue weighted by molar-refractivity contribution is 7.89. The summed E-state index contributed by atoms with van der Waals surface area (Å²) in [6.07, 6.45) is 3.83. The summed E-state index contributed by atoms with van der Waals surface area (Å²) in [6.45, 7) is 0.517. The first-order valence-electron chi connectivity index (χ1n) is 10.5. The van der Waals surface area contributed by atoms with Gasteiger partial charge in [-0.05, 0) is 44.3 Å². The number of benzene rings is 1. The van der Waals surface area contributed by atoms with E-state index in [-0.39, 0.29) is 18.0 Å². The van der Waals surface area contributed by atoms with Crippen LogP contribution in [-0.2, 0) is 24.4 Å². The summed E-state index contributed by atoms with van der Waals surface area (Å²) in [5.74, 6) is -1.09. The zero-order chi connectivity index (χ0) is 22.7. The van der Waals surface area contributed by atoms with E-state index in [1.165, 1.54) is 12.1 Å². The first kappa shape index (κ1) is 25.3. The number of hydroxylamine groups is 1. The monoisotopic (exact) mass is 454 g/mol. The van der Waals surface area contributed by atoms with Crippen molar-refractivity contribution in [2.45, 2.75) is 49.7 Å². The molecule has 0 bridgehead atoms. The third-order valence-electron chi connectivity index (χ3n) is 5.28. The van der Waals surface area contributed by atoms with Crippen molar-refractivity contribution in [1.82, 2.24) is 15.5 Å². The zero-order valence-corrected chi connectivity index (χ0v) is 18.3. The standard InChI is InChI=1S/C19H31BN4O6S/c21-13-7-6-12-20(27)30-24-18(26)19(10-4-5-11-19)17(25)22-14-15-23-31(28,29)16-8-2-1-3-9-16/h1-3,8-9,23,27H,4-7,10-15,21H2,(H,22,25)(H,24,26). The number of carbonyl (C=O) groups excluding carboxylic acids is 2. The van der Waals surface area contributed by atoms with Crippen LogP contribution in [-0.4, -0.2) is 52.0 Å². The van der Waals surface area contributed by atoms with Gasteiger partial charge < -0.3 is 16.1 Å². The van der Waals surface area contributed by atoms with E-state index in [1.807, 2.05) is 0 Å². The Morgan fingerprint density at radius 2 is 1.77 bits per heavy atom. The molecule has 0 saturated heterocycles. The normalized spacial score (nSPS) is 15.4. The van der Waals surface area contributed by atoms with Gasteiger partial charge in [0.05, 0.1) is 4.90 Å². The maximum absolute atomic E-state index is 12.8. The van der Waals surface area contributed by atoms with Gasteiger partial charge in [0, 0.05) is 13.1 Å². The predicted octanol–water partition coefficient (Wildman–Crippen LogP) is -0.0913. The second-order valence-corrected chi connectivity index (χ2v) is 9.31. The average molecular weight is 454 g/mol. The highest BCUT2D eigenvalue weighted by atomic mass is 32.2. The molecule has 0 aliphatic heterocycles. The first-order valence-corrected chi connectivity index (χ1v) is 12.0. The fourth-order valence-corrected chi connectivity index (χ4v) is 4.54. The van der Waals surface area contributed by atoms with Gasteiger partial charge in [0.15, 0.2) is 0 Å². The topological polar surface area (TPSA) is 160 Å². The molecule has 10 nitrogen and oxygen atoms in total. The minimum Gasteiger partial charge on any atom is -0.426 e. The molecule has 0 aromatic heterocycles. The van der Waals surface area contributed by atoms with Crippen LogP contribution in [0.25, 0.3) is 0 Å². The van der Waals surface area contributed by atoms with Gasteiger partial charge in [-0.3, -0.25) is 14.3 Å². The Hall–Kier alpha value is -1.99. The van der Waals surface area contributed by atoms with Crippen molar-refractivity contribution >= 4 is 29.0 Å². The average Bonchev–Trinajstić information content (AvgIpc) is 3.27. The van der Waals surface area contributed by atoms with Gasteiger partial charge in [-0.2, -0.15) is 0 Å². The lowest BCUT2D eigenvalue weighted by atomic mass is 9.83. The van der Waals surface area contributed by atoms with E-state index in [1.54, 1.807) is 18.2 Å². The number of rotatable bonds is 13. The van der Waals surface area contributed by atoms with E-state index in [4.69, 9.17) is 10.5 Å². The smallest absolute Gasteiger partial charge is 0.426 e. The van der Waals surface area contributed by atoms with Gasteiger partial charge in [-0.1, -0.05) is 37.5 Å². The number of nitrogens with one attached hydrogen (secondary N) is 3. The summed E-state index contributed by atoms with van der Waals surface area (Å²) in [7, 11) is -4.85. The quantitative estimate of drug-likeness (QED) is 0.121. The second kappa shape index (κ2) is 12.2. The van der Waals surface area contributed by atoms with Crippen LogP contribution in [0.5, 0.6) is 0 Å². The number of hydrogen-bond acceptors (Lipinski definition) is 7. The van der Waals surface area contributed by atoms with E-state index in [0.717, 1.165) is 6.42 Å². The molecule has 1 aromatic carbocycles. The van der Waals surface area contributed by atoms with Crippen LogP contribution in [0, 0.1) is 5.41 Å². The van der Waals surface area contributed by atoms with Crippen molar-refractivity contribution in [3.8, 4) is 0 Å². The number of amides is 2. The minimum atomic E-state index is -3.67. The Kier molecular flexibility index (Phi) is 9.91. The number of hydrogen-bond donors (Lipinski definition) is 5. The van der Waals surface area contributed by atoms with Gasteiger partial charge in [-0.15, -0.1) is 0 Å². The molecule has 0 radical (unpaired) electrons. The van der Waals surface area contributed by atoms with E-state index >= 15 is 0 Å². The lowest BCUT2D eigenvalue weighted by Crippen LogP contribution is -2.52. The summed E-state index contributed by atoms with van der Waals surface area (Å²) >= 11 is 0. The van der Waals surface area contributed by atoms with Gasteiger partial charge in [0.2, 0.25) is 15.9 Å². The molecule has 2 rings (SSSR count). The molecule has 31 heavy (non-hydrogen) atoms. The highest BCUT2D eigenvalue weighted by Crippen LogP contribution is 2.38. The zero-order valence-electron chi connectivity index (χ0n) is 17.5. The van der Waals surface area contributed by atoms with Crippen molar-refractivity contribution in [3.63, 3.8) is 0 Å². The van der Waals surface area contributed by atoms with Crippen LogP contribution in [0.3, 0.4) is 0 Å².